The molecule has 0 saturated heterocycles. The number of aromatic nitrogens is 5. The van der Waals surface area contributed by atoms with Crippen LogP contribution in [0.2, 0.25) is 0 Å². The summed E-state index contributed by atoms with van der Waals surface area (Å²) < 4.78 is 85.5. The number of nitrogens with zero attached hydrogens (tertiary/aromatic N) is 9. The van der Waals surface area contributed by atoms with E-state index < -0.39 is 41.5 Å². The molecule has 2 aliphatic carbocycles. The molecule has 53 heavy (non-hydrogen) atoms. The van der Waals surface area contributed by atoms with Gasteiger partial charge >= 0.3 is 12.4 Å². The Kier molecular flexibility index (Phi) is 10.2. The molecule has 0 aliphatic heterocycles. The van der Waals surface area contributed by atoms with Gasteiger partial charge in [0.15, 0.2) is 5.65 Å². The number of halogens is 6. The maximum atomic E-state index is 13.9. The van der Waals surface area contributed by atoms with Gasteiger partial charge in [-0.05, 0) is 95.0 Å². The van der Waals surface area contributed by atoms with Crippen molar-refractivity contribution in [3.05, 3.63) is 70.2 Å². The molecule has 284 valence electrons. The third-order valence-electron chi connectivity index (χ3n) is 9.14. The number of carbonyl (C=O) groups is 1. The SMILES string of the molecule is Cc1nn(C(C)(C)C)c2nc(N(CC3CC3)CC3CC3)c(CN(Cc3cc(C(F)(F)F)cc(C(F)(F)F)c3)c3ncc(C(=O)/N=C/N(C)C)cn3)cc12. The lowest BCUT2D eigenvalue weighted by Gasteiger charge is -2.30. The van der Waals surface area contributed by atoms with Crippen LogP contribution in [-0.2, 0) is 31.0 Å². The maximum Gasteiger partial charge on any atom is 0.416 e. The Bertz CT molecular complexity index is 1940. The average molecular weight is 744 g/mol. The molecule has 0 spiro atoms. The van der Waals surface area contributed by atoms with Crippen LogP contribution >= 0.6 is 0 Å². The van der Waals surface area contributed by atoms with Gasteiger partial charge in [-0.2, -0.15) is 36.4 Å². The van der Waals surface area contributed by atoms with Crippen molar-refractivity contribution >= 4 is 35.0 Å². The number of rotatable bonds is 12. The van der Waals surface area contributed by atoms with Crippen molar-refractivity contribution < 1.29 is 31.1 Å². The van der Waals surface area contributed by atoms with Crippen molar-refractivity contribution in [2.45, 2.75) is 84.4 Å². The Balaban J connectivity index is 1.49. The Morgan fingerprint density at radius 3 is 1.92 bits per heavy atom. The van der Waals surface area contributed by atoms with Crippen molar-refractivity contribution in [3.8, 4) is 0 Å². The fourth-order valence-corrected chi connectivity index (χ4v) is 6.12. The first-order valence-electron chi connectivity index (χ1n) is 17.5. The number of pyridine rings is 1. The van der Waals surface area contributed by atoms with Crippen molar-refractivity contribution in [2.75, 3.05) is 37.0 Å². The molecule has 0 radical (unpaired) electrons. The molecule has 16 heteroatoms. The smallest absolute Gasteiger partial charge is 0.369 e. The molecule has 3 heterocycles. The third-order valence-corrected chi connectivity index (χ3v) is 9.14. The Morgan fingerprint density at radius 2 is 1.43 bits per heavy atom. The van der Waals surface area contributed by atoms with Crippen molar-refractivity contribution in [3.63, 3.8) is 0 Å². The minimum absolute atomic E-state index is 0.00630. The molecule has 1 aromatic carbocycles. The normalized spacial score (nSPS) is 15.4. The predicted octanol–water partition coefficient (Wildman–Crippen LogP) is 7.89. The molecule has 0 atom stereocenters. The van der Waals surface area contributed by atoms with Gasteiger partial charge in [-0.15, -0.1) is 0 Å². The highest BCUT2D eigenvalue weighted by molar-refractivity contribution is 5.98. The summed E-state index contributed by atoms with van der Waals surface area (Å²) in [6.45, 7) is 9.08. The second-order valence-electron chi connectivity index (χ2n) is 15.4. The fourth-order valence-electron chi connectivity index (χ4n) is 6.12. The molecule has 10 nitrogen and oxygen atoms in total. The van der Waals surface area contributed by atoms with E-state index in [2.05, 4.69) is 19.9 Å². The second kappa shape index (κ2) is 14.2. The highest BCUT2D eigenvalue weighted by Crippen LogP contribution is 2.40. The van der Waals surface area contributed by atoms with E-state index in [0.717, 1.165) is 49.9 Å². The molecule has 3 aromatic heterocycles. The Labute approximate surface area is 303 Å². The average Bonchev–Trinajstić information content (AvgIpc) is 4.02. The zero-order valence-corrected chi connectivity index (χ0v) is 30.6. The highest BCUT2D eigenvalue weighted by atomic mass is 19.4. The minimum atomic E-state index is -5.02. The number of benzene rings is 1. The summed E-state index contributed by atoms with van der Waals surface area (Å²) in [5, 5.41) is 5.58. The van der Waals surface area contributed by atoms with Crippen LogP contribution in [0.1, 0.15) is 84.8 Å². The Morgan fingerprint density at radius 1 is 0.868 bits per heavy atom. The molecule has 0 bridgehead atoms. The monoisotopic (exact) mass is 743 g/mol. The second-order valence-corrected chi connectivity index (χ2v) is 15.4. The first-order valence-corrected chi connectivity index (χ1v) is 17.5. The zero-order valence-electron chi connectivity index (χ0n) is 30.6. The summed E-state index contributed by atoms with van der Waals surface area (Å²) in [6, 6.07) is 3.49. The van der Waals surface area contributed by atoms with E-state index in [0.29, 0.717) is 41.0 Å². The molecular weight excluding hydrogens is 700 g/mol. The summed E-state index contributed by atoms with van der Waals surface area (Å²) in [6.07, 6.45) is -1.86. The number of aryl methyl sites for hydroxylation is 1. The first-order chi connectivity index (χ1) is 24.8. The van der Waals surface area contributed by atoms with Crippen LogP contribution < -0.4 is 9.80 Å². The molecule has 4 aromatic rings. The van der Waals surface area contributed by atoms with E-state index in [1.54, 1.807) is 19.0 Å². The number of alkyl halides is 6. The van der Waals surface area contributed by atoms with Gasteiger partial charge in [0.25, 0.3) is 5.91 Å². The van der Waals surface area contributed by atoms with Gasteiger partial charge in [-0.3, -0.25) is 4.79 Å². The lowest BCUT2D eigenvalue weighted by Crippen LogP contribution is -2.32. The number of hydrogen-bond donors (Lipinski definition) is 0. The molecule has 2 saturated carbocycles. The van der Waals surface area contributed by atoms with Crippen LogP contribution in [0.3, 0.4) is 0 Å². The van der Waals surface area contributed by atoms with Crippen LogP contribution in [0.5, 0.6) is 0 Å². The van der Waals surface area contributed by atoms with Gasteiger partial charge in [0.1, 0.15) is 5.82 Å². The van der Waals surface area contributed by atoms with Crippen LogP contribution in [0.25, 0.3) is 11.0 Å². The quantitative estimate of drug-likeness (QED) is 0.0822. The van der Waals surface area contributed by atoms with E-state index in [1.165, 1.54) is 23.6 Å². The summed E-state index contributed by atoms with van der Waals surface area (Å²) in [5.41, 5.74) is -1.33. The fraction of sp³-hybridized carbons (Fsp3) is 0.514. The van der Waals surface area contributed by atoms with E-state index in [9.17, 15) is 31.1 Å². The van der Waals surface area contributed by atoms with Crippen LogP contribution in [0, 0.1) is 18.8 Å². The minimum Gasteiger partial charge on any atom is -0.369 e. The number of hydrogen-bond acceptors (Lipinski definition) is 7. The van der Waals surface area contributed by atoms with Crippen LogP contribution in [0.15, 0.2) is 41.7 Å². The van der Waals surface area contributed by atoms with Gasteiger partial charge in [0.05, 0.1) is 34.3 Å². The van der Waals surface area contributed by atoms with E-state index in [-0.39, 0.29) is 29.7 Å². The lowest BCUT2D eigenvalue weighted by molar-refractivity contribution is -0.143. The van der Waals surface area contributed by atoms with Crippen molar-refractivity contribution in [1.29, 1.82) is 0 Å². The molecule has 2 aliphatic rings. The molecule has 1 amide bonds. The largest absolute Gasteiger partial charge is 0.416 e. The van der Waals surface area contributed by atoms with Gasteiger partial charge in [-0.1, -0.05) is 0 Å². The molecule has 0 N–H and O–H groups in total. The zero-order chi connectivity index (χ0) is 38.5. The number of fused-ring (bicyclic) bond motifs is 1. The Hall–Kier alpha value is -4.76. The van der Waals surface area contributed by atoms with E-state index >= 15 is 0 Å². The number of amides is 1. The molecular formula is C37H43F6N9O. The summed E-state index contributed by atoms with van der Waals surface area (Å²) in [4.78, 5) is 35.9. The van der Waals surface area contributed by atoms with E-state index in [4.69, 9.17) is 10.1 Å². The summed E-state index contributed by atoms with van der Waals surface area (Å²) in [7, 11) is 3.39. The highest BCUT2D eigenvalue weighted by Gasteiger charge is 2.38. The van der Waals surface area contributed by atoms with Gasteiger partial charge < -0.3 is 14.7 Å². The maximum absolute atomic E-state index is 13.9. The van der Waals surface area contributed by atoms with E-state index in [1.807, 2.05) is 38.4 Å². The number of carbonyl (C=O) groups excluding carboxylic acids is 1. The number of aliphatic imine (C=N–C) groups is 1. The summed E-state index contributed by atoms with van der Waals surface area (Å²) >= 11 is 0. The van der Waals surface area contributed by atoms with Crippen LogP contribution in [-0.4, -0.2) is 69.1 Å². The van der Waals surface area contributed by atoms with Gasteiger partial charge in [0, 0.05) is 63.6 Å². The number of anilines is 2. The standard InChI is InChI=1S/C37H43F6N9O/c1-22-30-13-26(31(47-32(30)52(48-22)35(2,3)4)50(17-23-7-8-23)18-24-9-10-24)20-51(34-44-15-27(16-45-34)33(53)46-21-49(5)6)19-25-11-28(36(38,39)40)14-29(12-25)37(41,42)43/h11-16,21,23-24H,7-10,17-20H2,1-6H3/b46-21+. The molecule has 2 fully saturated rings. The molecule has 6 rings (SSSR count). The third kappa shape index (κ3) is 9.25. The topological polar surface area (TPSA) is 95.6 Å². The molecule has 0 unspecified atom stereocenters. The van der Waals surface area contributed by atoms with Crippen molar-refractivity contribution in [2.24, 2.45) is 16.8 Å². The first kappa shape index (κ1) is 38.0. The summed E-state index contributed by atoms with van der Waals surface area (Å²) in [5.74, 6) is 1.05. The van der Waals surface area contributed by atoms with Crippen LogP contribution in [0.4, 0.5) is 38.1 Å². The van der Waals surface area contributed by atoms with Gasteiger partial charge in [-0.25, -0.2) is 19.6 Å². The predicted molar refractivity (Wildman–Crippen MR) is 190 cm³/mol. The lowest BCUT2D eigenvalue weighted by atomic mass is 10.0. The van der Waals surface area contributed by atoms with Gasteiger partial charge in [0.2, 0.25) is 5.95 Å². The van der Waals surface area contributed by atoms with Crippen molar-refractivity contribution in [1.82, 2.24) is 29.6 Å².